The molecule has 0 amide bonds. The van der Waals surface area contributed by atoms with Crippen LogP contribution in [-0.2, 0) is 0 Å². The maximum Gasteiger partial charge on any atom is 0.0166 e. The molecule has 0 aromatic heterocycles. The van der Waals surface area contributed by atoms with Gasteiger partial charge in [-0.2, -0.15) is 0 Å². The molecular formula is C33H59N. The van der Waals surface area contributed by atoms with Gasteiger partial charge in [-0.25, -0.2) is 0 Å². The average Bonchev–Trinajstić information content (AvgIpc) is 2.81. The van der Waals surface area contributed by atoms with E-state index in [2.05, 4.69) is 75.1 Å². The molecule has 196 valence electrons. The van der Waals surface area contributed by atoms with Crippen LogP contribution < -0.4 is 0 Å². The second-order valence-corrected chi connectivity index (χ2v) is 11.4. The van der Waals surface area contributed by atoms with Crippen molar-refractivity contribution in [3.05, 3.63) is 42.0 Å². The number of hydrogen-bond donors (Lipinski definition) is 0. The Balaban J connectivity index is 2.19. The molecule has 0 bridgehead atoms. The quantitative estimate of drug-likeness (QED) is 0.144. The maximum atomic E-state index is 2.70. The first-order chi connectivity index (χ1) is 16.6. The third-order valence-corrected chi connectivity index (χ3v) is 6.99. The summed E-state index contributed by atoms with van der Waals surface area (Å²) in [5, 5.41) is 0. The standard InChI is InChI=1S/C33H59N/c1-31(2)23-16-11-7-5-9-13-20-28-34(30-22-27-33-25-18-15-19-26-33)29-21-14-10-6-8-12-17-24-32(3)4/h15,18-19,22,25-27,31-32H,5-14,16-17,20-21,23-24,28-30H2,1-4H3. The van der Waals surface area contributed by atoms with E-state index < -0.39 is 0 Å². The van der Waals surface area contributed by atoms with Gasteiger partial charge in [-0.15, -0.1) is 0 Å². The molecule has 0 N–H and O–H groups in total. The van der Waals surface area contributed by atoms with Gasteiger partial charge in [0.1, 0.15) is 0 Å². The number of hydrogen-bond acceptors (Lipinski definition) is 1. The van der Waals surface area contributed by atoms with Crippen molar-refractivity contribution in [1.82, 2.24) is 4.90 Å². The van der Waals surface area contributed by atoms with Gasteiger partial charge in [-0.05, 0) is 43.3 Å². The molecule has 0 aliphatic carbocycles. The molecule has 1 aromatic carbocycles. The normalized spacial score (nSPS) is 12.1. The Morgan fingerprint density at radius 2 is 0.971 bits per heavy atom. The Bertz CT molecular complexity index is 533. The van der Waals surface area contributed by atoms with E-state index in [1.54, 1.807) is 0 Å². The fourth-order valence-electron chi connectivity index (χ4n) is 4.74. The van der Waals surface area contributed by atoms with Crippen molar-refractivity contribution in [1.29, 1.82) is 0 Å². The van der Waals surface area contributed by atoms with Gasteiger partial charge in [-0.1, -0.05) is 160 Å². The van der Waals surface area contributed by atoms with Crippen molar-refractivity contribution >= 4 is 6.08 Å². The third kappa shape index (κ3) is 20.3. The van der Waals surface area contributed by atoms with Gasteiger partial charge in [0.25, 0.3) is 0 Å². The van der Waals surface area contributed by atoms with Crippen molar-refractivity contribution in [3.63, 3.8) is 0 Å². The minimum Gasteiger partial charge on any atom is -0.300 e. The Labute approximate surface area is 214 Å². The fraction of sp³-hybridized carbons (Fsp3) is 0.758. The summed E-state index contributed by atoms with van der Waals surface area (Å²) in [6, 6.07) is 10.7. The lowest BCUT2D eigenvalue weighted by Gasteiger charge is -2.20. The SMILES string of the molecule is CC(C)CCCCCCCCCN(CC=Cc1ccccc1)CCCCCCCCCC(C)C. The highest BCUT2D eigenvalue weighted by Gasteiger charge is 2.04. The van der Waals surface area contributed by atoms with Crippen molar-refractivity contribution in [2.45, 2.75) is 130 Å². The molecule has 0 aliphatic heterocycles. The molecule has 0 heterocycles. The molecule has 0 unspecified atom stereocenters. The first-order valence-electron chi connectivity index (χ1n) is 15.0. The summed E-state index contributed by atoms with van der Waals surface area (Å²) in [7, 11) is 0. The Hall–Kier alpha value is -1.08. The zero-order valence-corrected chi connectivity index (χ0v) is 23.6. The van der Waals surface area contributed by atoms with E-state index in [4.69, 9.17) is 0 Å². The minimum atomic E-state index is 0.872. The summed E-state index contributed by atoms with van der Waals surface area (Å²) in [5.74, 6) is 1.74. The van der Waals surface area contributed by atoms with Crippen LogP contribution in [0.3, 0.4) is 0 Å². The van der Waals surface area contributed by atoms with Crippen LogP contribution in [-0.4, -0.2) is 24.5 Å². The van der Waals surface area contributed by atoms with Gasteiger partial charge < -0.3 is 0 Å². The maximum absolute atomic E-state index is 2.70. The molecular weight excluding hydrogens is 410 g/mol. The smallest absolute Gasteiger partial charge is 0.0166 e. The molecule has 0 fully saturated rings. The number of rotatable bonds is 23. The molecule has 1 rings (SSSR count). The van der Waals surface area contributed by atoms with Gasteiger partial charge in [-0.3, -0.25) is 4.90 Å². The molecule has 34 heavy (non-hydrogen) atoms. The van der Waals surface area contributed by atoms with E-state index in [0.29, 0.717) is 0 Å². The van der Waals surface area contributed by atoms with E-state index in [-0.39, 0.29) is 0 Å². The molecule has 0 radical (unpaired) electrons. The zero-order chi connectivity index (χ0) is 24.7. The van der Waals surface area contributed by atoms with E-state index >= 15 is 0 Å². The molecule has 1 aromatic rings. The molecule has 1 heteroatoms. The van der Waals surface area contributed by atoms with Gasteiger partial charge in [0.05, 0.1) is 0 Å². The molecule has 0 saturated heterocycles. The Morgan fingerprint density at radius 1 is 0.559 bits per heavy atom. The van der Waals surface area contributed by atoms with Gasteiger partial charge in [0.15, 0.2) is 0 Å². The number of nitrogens with zero attached hydrogens (tertiary/aromatic N) is 1. The zero-order valence-electron chi connectivity index (χ0n) is 23.6. The summed E-state index contributed by atoms with van der Waals surface area (Å²) >= 11 is 0. The predicted octanol–water partition coefficient (Wildman–Crippen LogP) is 10.6. The summed E-state index contributed by atoms with van der Waals surface area (Å²) in [5.41, 5.74) is 1.32. The monoisotopic (exact) mass is 469 g/mol. The molecule has 1 nitrogen and oxygen atoms in total. The fourth-order valence-corrected chi connectivity index (χ4v) is 4.74. The summed E-state index contributed by atoms with van der Waals surface area (Å²) < 4.78 is 0. The van der Waals surface area contributed by atoms with Crippen molar-refractivity contribution < 1.29 is 0 Å². The average molecular weight is 470 g/mol. The van der Waals surface area contributed by atoms with Crippen LogP contribution in [0.25, 0.3) is 6.08 Å². The minimum absolute atomic E-state index is 0.872. The summed E-state index contributed by atoms with van der Waals surface area (Å²) in [6.45, 7) is 13.0. The van der Waals surface area contributed by atoms with E-state index in [1.807, 2.05) is 0 Å². The first-order valence-corrected chi connectivity index (χ1v) is 15.0. The summed E-state index contributed by atoms with van der Waals surface area (Å²) in [6.07, 6.45) is 27.3. The van der Waals surface area contributed by atoms with Crippen LogP contribution in [0.5, 0.6) is 0 Å². The van der Waals surface area contributed by atoms with Gasteiger partial charge >= 0.3 is 0 Å². The molecule has 0 saturated carbocycles. The highest BCUT2D eigenvalue weighted by atomic mass is 15.1. The number of benzene rings is 1. The van der Waals surface area contributed by atoms with Crippen LogP contribution in [0, 0.1) is 11.8 Å². The van der Waals surface area contributed by atoms with E-state index in [9.17, 15) is 0 Å². The Morgan fingerprint density at radius 3 is 1.41 bits per heavy atom. The van der Waals surface area contributed by atoms with Crippen LogP contribution in [0.15, 0.2) is 36.4 Å². The molecule has 0 aliphatic rings. The third-order valence-electron chi connectivity index (χ3n) is 6.99. The Kier molecular flexibility index (Phi) is 20.4. The van der Waals surface area contributed by atoms with Gasteiger partial charge in [0, 0.05) is 6.54 Å². The molecule has 0 atom stereocenters. The molecule has 0 spiro atoms. The predicted molar refractivity (Wildman–Crippen MR) is 155 cm³/mol. The second kappa shape index (κ2) is 22.4. The largest absolute Gasteiger partial charge is 0.300 e. The summed E-state index contributed by atoms with van der Waals surface area (Å²) in [4.78, 5) is 2.70. The second-order valence-electron chi connectivity index (χ2n) is 11.4. The van der Waals surface area contributed by atoms with Gasteiger partial charge in [0.2, 0.25) is 0 Å². The van der Waals surface area contributed by atoms with Crippen molar-refractivity contribution in [2.24, 2.45) is 11.8 Å². The van der Waals surface area contributed by atoms with Crippen LogP contribution in [0.2, 0.25) is 0 Å². The van der Waals surface area contributed by atoms with E-state index in [1.165, 1.54) is 121 Å². The van der Waals surface area contributed by atoms with E-state index in [0.717, 1.165) is 18.4 Å². The van der Waals surface area contributed by atoms with Crippen LogP contribution in [0.4, 0.5) is 0 Å². The van der Waals surface area contributed by atoms with Crippen LogP contribution >= 0.6 is 0 Å². The topological polar surface area (TPSA) is 3.24 Å². The first kappa shape index (κ1) is 31.0. The van der Waals surface area contributed by atoms with Crippen molar-refractivity contribution in [3.8, 4) is 0 Å². The van der Waals surface area contributed by atoms with Crippen LogP contribution in [0.1, 0.15) is 136 Å². The highest BCUT2D eigenvalue weighted by molar-refractivity contribution is 5.48. The lowest BCUT2D eigenvalue weighted by molar-refractivity contribution is 0.286. The lowest BCUT2D eigenvalue weighted by atomic mass is 10.0. The lowest BCUT2D eigenvalue weighted by Crippen LogP contribution is -2.26. The van der Waals surface area contributed by atoms with Crippen molar-refractivity contribution in [2.75, 3.05) is 19.6 Å². The highest BCUT2D eigenvalue weighted by Crippen LogP contribution is 2.14. The number of unbranched alkanes of at least 4 members (excludes halogenated alkanes) is 12.